The minimum absolute atomic E-state index is 0.0493. The highest BCUT2D eigenvalue weighted by Gasteiger charge is 2.39. The highest BCUT2D eigenvalue weighted by atomic mass is 35.5. The second-order valence-electron chi connectivity index (χ2n) is 8.80. The van der Waals surface area contributed by atoms with Gasteiger partial charge in [0.25, 0.3) is 0 Å². The van der Waals surface area contributed by atoms with Crippen molar-refractivity contribution in [3.05, 3.63) is 70.3 Å². The number of amidine groups is 1. The van der Waals surface area contributed by atoms with Crippen LogP contribution in [-0.2, 0) is 9.59 Å². The third-order valence-corrected chi connectivity index (χ3v) is 7.89. The van der Waals surface area contributed by atoms with Crippen LogP contribution in [0, 0.1) is 13.8 Å². The molecule has 1 fully saturated rings. The number of allylic oxidation sites excluding steroid dienone is 1. The Labute approximate surface area is 210 Å². The van der Waals surface area contributed by atoms with Crippen molar-refractivity contribution in [1.29, 1.82) is 0 Å². The average Bonchev–Trinajstić information content (AvgIpc) is 3.11. The summed E-state index contributed by atoms with van der Waals surface area (Å²) in [7, 11) is 0. The molecule has 0 saturated carbocycles. The van der Waals surface area contributed by atoms with Crippen LogP contribution < -0.4 is 5.32 Å². The number of carbonyl (C=O) groups excluding carboxylic acids is 2. The molecule has 2 aromatic rings. The number of aryl methyl sites for hydroxylation is 1. The van der Waals surface area contributed by atoms with Crippen LogP contribution in [-0.4, -0.2) is 33.7 Å². The molecule has 34 heavy (non-hydrogen) atoms. The molecule has 1 atom stereocenters. The molecule has 7 heteroatoms. The topological polar surface area (TPSA) is 61.8 Å². The van der Waals surface area contributed by atoms with E-state index in [0.717, 1.165) is 36.1 Å². The van der Waals surface area contributed by atoms with E-state index in [-0.39, 0.29) is 18.2 Å². The fraction of sp³-hybridized carbons (Fsp3) is 0.370. The Morgan fingerprint density at radius 1 is 1.18 bits per heavy atom. The minimum atomic E-state index is -0.498. The first-order valence-electron chi connectivity index (χ1n) is 11.8. The van der Waals surface area contributed by atoms with Crippen molar-refractivity contribution in [1.82, 2.24) is 4.90 Å². The first-order chi connectivity index (χ1) is 16.4. The zero-order valence-corrected chi connectivity index (χ0v) is 21.2. The molecular formula is C27H30ClN3O2S. The summed E-state index contributed by atoms with van der Waals surface area (Å²) in [6, 6.07) is 13.3. The van der Waals surface area contributed by atoms with Crippen molar-refractivity contribution >= 4 is 51.7 Å². The van der Waals surface area contributed by atoms with Crippen LogP contribution in [0.4, 0.5) is 11.4 Å². The zero-order chi connectivity index (χ0) is 24.1. The average molecular weight is 496 g/mol. The maximum atomic E-state index is 13.4. The van der Waals surface area contributed by atoms with Gasteiger partial charge >= 0.3 is 0 Å². The predicted molar refractivity (Wildman–Crippen MR) is 142 cm³/mol. The minimum Gasteiger partial charge on any atom is -0.326 e. The highest BCUT2D eigenvalue weighted by molar-refractivity contribution is 8.15. The van der Waals surface area contributed by atoms with E-state index in [4.69, 9.17) is 16.6 Å². The molecule has 1 aliphatic carbocycles. The first kappa shape index (κ1) is 24.6. The third kappa shape index (κ3) is 5.91. The van der Waals surface area contributed by atoms with Gasteiger partial charge in [-0.05, 0) is 75.3 Å². The van der Waals surface area contributed by atoms with Gasteiger partial charge in [0.15, 0.2) is 5.17 Å². The number of nitrogens with one attached hydrogen (secondary N) is 1. The largest absolute Gasteiger partial charge is 0.326 e. The van der Waals surface area contributed by atoms with E-state index in [1.54, 1.807) is 17.0 Å². The van der Waals surface area contributed by atoms with Gasteiger partial charge < -0.3 is 5.32 Å². The van der Waals surface area contributed by atoms with Gasteiger partial charge in [-0.3, -0.25) is 14.5 Å². The lowest BCUT2D eigenvalue weighted by molar-refractivity contribution is -0.128. The number of halogens is 1. The maximum Gasteiger partial charge on any atom is 0.242 e. The summed E-state index contributed by atoms with van der Waals surface area (Å²) < 4.78 is 0. The monoisotopic (exact) mass is 495 g/mol. The second-order valence-corrected chi connectivity index (χ2v) is 10.4. The SMILES string of the molecule is Cc1ccccc1N=C1SC(CC(=O)Nc2cccc(Cl)c2C)C(=O)N1CCC1=CCCCC1. The zero-order valence-electron chi connectivity index (χ0n) is 19.6. The number of amides is 2. The number of anilines is 1. The Morgan fingerprint density at radius 3 is 2.76 bits per heavy atom. The summed E-state index contributed by atoms with van der Waals surface area (Å²) in [5.41, 5.74) is 4.79. The van der Waals surface area contributed by atoms with Crippen LogP contribution in [0.2, 0.25) is 5.02 Å². The van der Waals surface area contributed by atoms with E-state index in [0.29, 0.717) is 22.4 Å². The van der Waals surface area contributed by atoms with E-state index in [1.807, 2.05) is 44.2 Å². The number of thioether (sulfide) groups is 1. The lowest BCUT2D eigenvalue weighted by Crippen LogP contribution is -2.34. The Hall–Kier alpha value is -2.57. The van der Waals surface area contributed by atoms with E-state index < -0.39 is 5.25 Å². The van der Waals surface area contributed by atoms with Gasteiger partial charge in [-0.15, -0.1) is 0 Å². The number of hydrogen-bond donors (Lipinski definition) is 1. The molecule has 4 rings (SSSR count). The Kier molecular flexibility index (Phi) is 8.11. The maximum absolute atomic E-state index is 13.4. The Morgan fingerprint density at radius 2 is 2.00 bits per heavy atom. The van der Waals surface area contributed by atoms with E-state index in [2.05, 4.69) is 11.4 Å². The van der Waals surface area contributed by atoms with E-state index in [9.17, 15) is 9.59 Å². The van der Waals surface area contributed by atoms with Crippen molar-refractivity contribution in [3.8, 4) is 0 Å². The van der Waals surface area contributed by atoms with Gasteiger partial charge in [-0.1, -0.05) is 59.3 Å². The second kappa shape index (κ2) is 11.2. The lowest BCUT2D eigenvalue weighted by Gasteiger charge is -2.19. The quantitative estimate of drug-likeness (QED) is 0.429. The van der Waals surface area contributed by atoms with E-state index >= 15 is 0 Å². The van der Waals surface area contributed by atoms with Crippen LogP contribution in [0.5, 0.6) is 0 Å². The molecular weight excluding hydrogens is 466 g/mol. The molecule has 2 amide bonds. The molecule has 1 aliphatic heterocycles. The summed E-state index contributed by atoms with van der Waals surface area (Å²) in [6.45, 7) is 4.46. The van der Waals surface area contributed by atoms with Crippen molar-refractivity contribution in [2.24, 2.45) is 4.99 Å². The standard InChI is InChI=1S/C27H30ClN3O2S/c1-18-9-6-7-13-22(18)30-27-31(16-15-20-10-4-3-5-11-20)26(33)24(34-27)17-25(32)29-23-14-8-12-21(28)19(23)2/h6-10,12-14,24H,3-5,11,15-17H2,1-2H3,(H,29,32). The molecule has 0 radical (unpaired) electrons. The number of hydrogen-bond acceptors (Lipinski definition) is 4. The van der Waals surface area contributed by atoms with Crippen molar-refractivity contribution in [3.63, 3.8) is 0 Å². The molecule has 1 N–H and O–H groups in total. The fourth-order valence-corrected chi connectivity index (χ4v) is 5.57. The lowest BCUT2D eigenvalue weighted by atomic mass is 9.97. The fourth-order valence-electron chi connectivity index (χ4n) is 4.22. The molecule has 5 nitrogen and oxygen atoms in total. The predicted octanol–water partition coefficient (Wildman–Crippen LogP) is 6.81. The molecule has 0 bridgehead atoms. The number of carbonyl (C=O) groups is 2. The van der Waals surface area contributed by atoms with Crippen LogP contribution in [0.25, 0.3) is 0 Å². The van der Waals surface area contributed by atoms with Gasteiger partial charge in [0.2, 0.25) is 11.8 Å². The smallest absolute Gasteiger partial charge is 0.242 e. The number of aliphatic imine (C=N–C) groups is 1. The van der Waals surface area contributed by atoms with Crippen LogP contribution in [0.15, 0.2) is 59.1 Å². The summed E-state index contributed by atoms with van der Waals surface area (Å²) in [4.78, 5) is 32.8. The normalized spacial score (nSPS) is 19.4. The van der Waals surface area contributed by atoms with Crippen LogP contribution in [0.1, 0.15) is 49.7 Å². The highest BCUT2D eigenvalue weighted by Crippen LogP contribution is 2.34. The Bertz CT molecular complexity index is 1140. The summed E-state index contributed by atoms with van der Waals surface area (Å²) in [5.74, 6) is -0.255. The van der Waals surface area contributed by atoms with Crippen molar-refractivity contribution in [2.45, 2.75) is 57.6 Å². The number of benzene rings is 2. The molecule has 0 spiro atoms. The van der Waals surface area contributed by atoms with Gasteiger partial charge in [-0.25, -0.2) is 4.99 Å². The van der Waals surface area contributed by atoms with E-state index in [1.165, 1.54) is 30.2 Å². The van der Waals surface area contributed by atoms with Gasteiger partial charge in [0.1, 0.15) is 5.25 Å². The van der Waals surface area contributed by atoms with Crippen molar-refractivity contribution in [2.75, 3.05) is 11.9 Å². The number of nitrogens with zero attached hydrogens (tertiary/aromatic N) is 2. The number of para-hydroxylation sites is 1. The van der Waals surface area contributed by atoms with Crippen LogP contribution in [0.3, 0.4) is 0 Å². The molecule has 178 valence electrons. The molecule has 2 aromatic carbocycles. The number of rotatable bonds is 7. The van der Waals surface area contributed by atoms with Gasteiger partial charge in [0, 0.05) is 23.7 Å². The summed E-state index contributed by atoms with van der Waals surface area (Å²) in [5, 5.41) is 3.69. The molecule has 1 heterocycles. The van der Waals surface area contributed by atoms with Crippen molar-refractivity contribution < 1.29 is 9.59 Å². The first-order valence-corrected chi connectivity index (χ1v) is 13.0. The van der Waals surface area contributed by atoms with Crippen LogP contribution >= 0.6 is 23.4 Å². The Balaban J connectivity index is 1.51. The molecule has 0 aromatic heterocycles. The van der Waals surface area contributed by atoms with Gasteiger partial charge in [-0.2, -0.15) is 0 Å². The summed E-state index contributed by atoms with van der Waals surface area (Å²) in [6.07, 6.45) is 7.92. The molecule has 2 aliphatic rings. The molecule has 1 unspecified atom stereocenters. The van der Waals surface area contributed by atoms with Gasteiger partial charge in [0.05, 0.1) is 5.69 Å². The molecule has 1 saturated heterocycles. The summed E-state index contributed by atoms with van der Waals surface area (Å²) >= 11 is 7.56. The third-order valence-electron chi connectivity index (χ3n) is 6.31.